The van der Waals surface area contributed by atoms with Crippen molar-refractivity contribution in [2.24, 2.45) is 4.99 Å². The topological polar surface area (TPSA) is 27.6 Å². The van der Waals surface area contributed by atoms with Crippen molar-refractivity contribution in [1.29, 1.82) is 0 Å². The number of benzene rings is 1. The van der Waals surface area contributed by atoms with Gasteiger partial charge in [-0.2, -0.15) is 0 Å². The van der Waals surface area contributed by atoms with E-state index < -0.39 is 0 Å². The molecule has 0 saturated carbocycles. The predicted molar refractivity (Wildman–Crippen MR) is 108 cm³/mol. The van der Waals surface area contributed by atoms with E-state index in [1.165, 1.54) is 0 Å². The molecule has 1 rings (SSSR count). The number of hydrogen-bond donors (Lipinski definition) is 1. The Morgan fingerprint density at radius 1 is 1.36 bits per heavy atom. The summed E-state index contributed by atoms with van der Waals surface area (Å²) < 4.78 is 14.6. The van der Waals surface area contributed by atoms with Crippen LogP contribution in [0.4, 0.5) is 10.1 Å². The van der Waals surface area contributed by atoms with Gasteiger partial charge in [-0.3, -0.25) is 4.99 Å². The largest absolute Gasteiger partial charge is 0.365 e. The fraction of sp³-hybridized carbons (Fsp3) is 0.476. The zero-order valence-electron chi connectivity index (χ0n) is 16.1. The van der Waals surface area contributed by atoms with Gasteiger partial charge in [-0.05, 0) is 49.3 Å². The minimum Gasteiger partial charge on any atom is -0.365 e. The van der Waals surface area contributed by atoms with Gasteiger partial charge in [0.05, 0.1) is 18.7 Å². The molecular weight excluding hydrogens is 313 g/mol. The van der Waals surface area contributed by atoms with Gasteiger partial charge in [-0.25, -0.2) is 4.39 Å². The fourth-order valence-corrected chi connectivity index (χ4v) is 3.12. The smallest absolute Gasteiger partial charge is 0.146 e. The Bertz CT molecular complexity index is 593. The van der Waals surface area contributed by atoms with Crippen LogP contribution >= 0.6 is 0 Å². The standard InChI is InChI=1S/C21H32FN3/c1-6-8-9-10-12-18(11-7-2)20-17(3)13-14-19(22)21(20)24-16-25(5)15-23-4/h6,8-9,13-15,18,24H,1,7,10-12,16H2,2-5H3/b9-8-,23-15-. The third kappa shape index (κ3) is 6.73. The van der Waals surface area contributed by atoms with Crippen molar-refractivity contribution in [2.75, 3.05) is 26.1 Å². The van der Waals surface area contributed by atoms with Gasteiger partial charge < -0.3 is 10.2 Å². The average Bonchev–Trinajstić information content (AvgIpc) is 2.59. The van der Waals surface area contributed by atoms with Gasteiger partial charge in [0.25, 0.3) is 0 Å². The normalized spacial score (nSPS) is 12.7. The van der Waals surface area contributed by atoms with Crippen LogP contribution in [0.1, 0.15) is 49.7 Å². The predicted octanol–water partition coefficient (Wildman–Crippen LogP) is 5.50. The molecule has 1 aromatic rings. The zero-order valence-corrected chi connectivity index (χ0v) is 16.1. The molecule has 4 heteroatoms. The molecule has 0 radical (unpaired) electrons. The third-order valence-electron chi connectivity index (χ3n) is 4.23. The molecule has 0 amide bonds. The summed E-state index contributed by atoms with van der Waals surface area (Å²) in [7, 11) is 3.64. The number of halogens is 1. The first-order valence-electron chi connectivity index (χ1n) is 8.98. The van der Waals surface area contributed by atoms with Crippen LogP contribution in [0.2, 0.25) is 0 Å². The lowest BCUT2D eigenvalue weighted by Gasteiger charge is -2.25. The molecule has 0 bridgehead atoms. The first kappa shape index (κ1) is 20.9. The van der Waals surface area contributed by atoms with Gasteiger partial charge >= 0.3 is 0 Å². The molecule has 0 fully saturated rings. The van der Waals surface area contributed by atoms with E-state index in [1.807, 2.05) is 24.1 Å². The summed E-state index contributed by atoms with van der Waals surface area (Å²) in [6.07, 6.45) is 11.7. The van der Waals surface area contributed by atoms with Crippen LogP contribution < -0.4 is 5.32 Å². The van der Waals surface area contributed by atoms with Crippen molar-refractivity contribution in [3.63, 3.8) is 0 Å². The molecule has 1 unspecified atom stereocenters. The van der Waals surface area contributed by atoms with Crippen LogP contribution in [-0.2, 0) is 0 Å². The second-order valence-electron chi connectivity index (χ2n) is 6.35. The molecule has 1 N–H and O–H groups in total. The molecule has 138 valence electrons. The van der Waals surface area contributed by atoms with E-state index in [0.29, 0.717) is 18.3 Å². The van der Waals surface area contributed by atoms with Crippen LogP contribution in [0.15, 0.2) is 41.9 Å². The molecule has 0 aromatic heterocycles. The quantitative estimate of drug-likeness (QED) is 0.248. The Kier molecular flexibility index (Phi) is 9.60. The summed E-state index contributed by atoms with van der Waals surface area (Å²) in [6, 6.07) is 3.44. The molecule has 0 aliphatic carbocycles. The number of hydrogen-bond acceptors (Lipinski definition) is 2. The second kappa shape index (κ2) is 11.5. The molecule has 1 aromatic carbocycles. The molecule has 25 heavy (non-hydrogen) atoms. The summed E-state index contributed by atoms with van der Waals surface area (Å²) in [5.74, 6) is 0.146. The number of allylic oxidation sites excluding steroid dienone is 3. The van der Waals surface area contributed by atoms with E-state index in [4.69, 9.17) is 0 Å². The highest BCUT2D eigenvalue weighted by molar-refractivity contribution is 5.59. The first-order chi connectivity index (χ1) is 12.0. The van der Waals surface area contributed by atoms with Crippen LogP contribution in [0.3, 0.4) is 0 Å². The van der Waals surface area contributed by atoms with Crippen molar-refractivity contribution >= 4 is 12.0 Å². The van der Waals surface area contributed by atoms with Gasteiger partial charge in [-0.1, -0.05) is 44.2 Å². The SMILES string of the molecule is C=C/C=C\CCC(CCC)c1c(C)ccc(F)c1NCN(C)/C=N\C. The van der Waals surface area contributed by atoms with Crippen molar-refractivity contribution in [1.82, 2.24) is 4.90 Å². The van der Waals surface area contributed by atoms with Crippen molar-refractivity contribution in [3.05, 3.63) is 53.9 Å². The number of nitrogens with one attached hydrogen (secondary N) is 1. The van der Waals surface area contributed by atoms with Crippen LogP contribution in [0.25, 0.3) is 0 Å². The minimum atomic E-state index is -0.190. The van der Waals surface area contributed by atoms with E-state index in [1.54, 1.807) is 25.5 Å². The van der Waals surface area contributed by atoms with Crippen LogP contribution in [0.5, 0.6) is 0 Å². The van der Waals surface area contributed by atoms with Gasteiger partial charge in [0, 0.05) is 14.1 Å². The second-order valence-corrected chi connectivity index (χ2v) is 6.35. The Hall–Kier alpha value is -2.10. The number of aryl methyl sites for hydroxylation is 1. The molecule has 0 heterocycles. The minimum absolute atomic E-state index is 0.190. The fourth-order valence-electron chi connectivity index (χ4n) is 3.12. The van der Waals surface area contributed by atoms with E-state index >= 15 is 0 Å². The summed E-state index contributed by atoms with van der Waals surface area (Å²) >= 11 is 0. The molecule has 0 saturated heterocycles. The summed E-state index contributed by atoms with van der Waals surface area (Å²) in [5.41, 5.74) is 2.88. The molecule has 0 spiro atoms. The zero-order chi connectivity index (χ0) is 18.7. The summed E-state index contributed by atoms with van der Waals surface area (Å²) in [5, 5.41) is 3.27. The van der Waals surface area contributed by atoms with E-state index in [9.17, 15) is 4.39 Å². The lowest BCUT2D eigenvalue weighted by atomic mass is 9.86. The van der Waals surface area contributed by atoms with E-state index in [0.717, 1.165) is 36.8 Å². The molecule has 0 aliphatic rings. The summed E-state index contributed by atoms with van der Waals surface area (Å²) in [6.45, 7) is 8.47. The first-order valence-corrected chi connectivity index (χ1v) is 8.98. The molecule has 1 atom stereocenters. The number of nitrogens with zero attached hydrogens (tertiary/aromatic N) is 2. The van der Waals surface area contributed by atoms with Gasteiger partial charge in [0.2, 0.25) is 0 Å². The molecular formula is C21H32FN3. The highest BCUT2D eigenvalue weighted by atomic mass is 19.1. The van der Waals surface area contributed by atoms with Crippen LogP contribution in [0, 0.1) is 12.7 Å². The van der Waals surface area contributed by atoms with Crippen molar-refractivity contribution in [2.45, 2.75) is 45.4 Å². The number of anilines is 1. The van der Waals surface area contributed by atoms with Gasteiger partial charge in [0.1, 0.15) is 5.82 Å². The third-order valence-corrected chi connectivity index (χ3v) is 4.23. The Labute approximate surface area is 152 Å². The van der Waals surface area contributed by atoms with E-state index in [2.05, 4.69) is 36.8 Å². The maximum Gasteiger partial charge on any atom is 0.146 e. The lowest BCUT2D eigenvalue weighted by Crippen LogP contribution is -2.25. The Morgan fingerprint density at radius 3 is 2.76 bits per heavy atom. The van der Waals surface area contributed by atoms with E-state index in [-0.39, 0.29) is 5.82 Å². The average molecular weight is 346 g/mol. The monoisotopic (exact) mass is 345 g/mol. The summed E-state index contributed by atoms with van der Waals surface area (Å²) in [4.78, 5) is 5.88. The molecule has 0 aliphatic heterocycles. The highest BCUT2D eigenvalue weighted by Gasteiger charge is 2.19. The maximum atomic E-state index is 14.6. The maximum absolute atomic E-state index is 14.6. The van der Waals surface area contributed by atoms with Crippen molar-refractivity contribution < 1.29 is 4.39 Å². The van der Waals surface area contributed by atoms with Crippen LogP contribution in [-0.4, -0.2) is 32.0 Å². The lowest BCUT2D eigenvalue weighted by molar-refractivity contribution is 0.542. The Balaban J connectivity index is 3.08. The molecule has 3 nitrogen and oxygen atoms in total. The number of aliphatic imine (C=N–C) groups is 1. The van der Waals surface area contributed by atoms with Gasteiger partial charge in [-0.15, -0.1) is 0 Å². The van der Waals surface area contributed by atoms with Crippen molar-refractivity contribution in [3.8, 4) is 0 Å². The Morgan fingerprint density at radius 2 is 2.12 bits per heavy atom. The number of rotatable bonds is 11. The van der Waals surface area contributed by atoms with Gasteiger partial charge in [0.15, 0.2) is 0 Å². The highest BCUT2D eigenvalue weighted by Crippen LogP contribution is 2.36.